The van der Waals surface area contributed by atoms with Gasteiger partial charge in [-0.1, -0.05) is 12.1 Å². The average molecular weight is 437 g/mol. The van der Waals surface area contributed by atoms with E-state index in [1.54, 1.807) is 23.5 Å². The van der Waals surface area contributed by atoms with E-state index in [1.165, 1.54) is 12.1 Å². The van der Waals surface area contributed by atoms with Gasteiger partial charge >= 0.3 is 0 Å². The van der Waals surface area contributed by atoms with Gasteiger partial charge in [-0.2, -0.15) is 0 Å². The van der Waals surface area contributed by atoms with E-state index in [0.29, 0.717) is 18.8 Å². The Hall–Kier alpha value is -1.70. The van der Waals surface area contributed by atoms with Gasteiger partial charge in [0.15, 0.2) is 0 Å². The van der Waals surface area contributed by atoms with Crippen molar-refractivity contribution >= 4 is 43.4 Å². The summed E-state index contributed by atoms with van der Waals surface area (Å²) in [4.78, 5) is 12.8. The number of carbonyl (C=O) groups excluding carboxylic acids is 1. The van der Waals surface area contributed by atoms with Crippen molar-refractivity contribution in [3.05, 3.63) is 57.3 Å². The summed E-state index contributed by atoms with van der Waals surface area (Å²) in [7, 11) is 0. The van der Waals surface area contributed by atoms with Crippen molar-refractivity contribution in [2.24, 2.45) is 0 Å². The van der Waals surface area contributed by atoms with Gasteiger partial charge in [0.05, 0.1) is 20.8 Å². The summed E-state index contributed by atoms with van der Waals surface area (Å²) >= 11 is 5.17. The van der Waals surface area contributed by atoms with Gasteiger partial charge in [0.2, 0.25) is 0 Å². The lowest BCUT2D eigenvalue weighted by molar-refractivity contribution is 0.0851. The largest absolute Gasteiger partial charge is 0.376 e. The Kier molecular flexibility index (Phi) is 5.11. The molecular formula is C19H18BrFN2O2S. The van der Waals surface area contributed by atoms with Crippen LogP contribution in [0.2, 0.25) is 0 Å². The molecule has 1 atom stereocenters. The van der Waals surface area contributed by atoms with Gasteiger partial charge in [-0.15, -0.1) is 11.3 Å². The van der Waals surface area contributed by atoms with E-state index in [-0.39, 0.29) is 17.8 Å². The predicted octanol–water partition coefficient (Wildman–Crippen LogP) is 4.56. The monoisotopic (exact) mass is 436 g/mol. The number of hydrogen-bond acceptors (Lipinski definition) is 3. The van der Waals surface area contributed by atoms with E-state index in [0.717, 1.165) is 39.7 Å². The topological polar surface area (TPSA) is 43.3 Å². The molecule has 0 unspecified atom stereocenters. The fraction of sp³-hybridized carbons (Fsp3) is 0.316. The van der Waals surface area contributed by atoms with Crippen LogP contribution in [0.1, 0.15) is 28.9 Å². The van der Waals surface area contributed by atoms with Crippen LogP contribution >= 0.6 is 27.3 Å². The normalized spacial score (nSPS) is 17.1. The van der Waals surface area contributed by atoms with Crippen LogP contribution in [0.4, 0.5) is 4.39 Å². The summed E-state index contributed by atoms with van der Waals surface area (Å²) in [6.07, 6.45) is 2.13. The molecule has 4 nitrogen and oxygen atoms in total. The average Bonchev–Trinajstić information content (AvgIpc) is 3.34. The fourth-order valence-corrected chi connectivity index (χ4v) is 4.95. The molecule has 3 heterocycles. The van der Waals surface area contributed by atoms with Crippen molar-refractivity contribution in [3.63, 3.8) is 0 Å². The van der Waals surface area contributed by atoms with Crippen LogP contribution in [0.3, 0.4) is 0 Å². The van der Waals surface area contributed by atoms with Gasteiger partial charge in [0.1, 0.15) is 11.5 Å². The second-order valence-electron chi connectivity index (χ2n) is 6.38. The van der Waals surface area contributed by atoms with Crippen LogP contribution in [0.25, 0.3) is 10.2 Å². The first-order valence-corrected chi connectivity index (χ1v) is 10.2. The van der Waals surface area contributed by atoms with Crippen molar-refractivity contribution in [1.82, 2.24) is 9.88 Å². The molecular weight excluding hydrogens is 419 g/mol. The molecule has 1 aromatic carbocycles. The van der Waals surface area contributed by atoms with E-state index in [4.69, 9.17) is 4.74 Å². The summed E-state index contributed by atoms with van der Waals surface area (Å²) in [6.45, 7) is 1.79. The number of carbonyl (C=O) groups is 1. The molecule has 0 aliphatic carbocycles. The van der Waals surface area contributed by atoms with Crippen molar-refractivity contribution in [2.45, 2.75) is 25.5 Å². The summed E-state index contributed by atoms with van der Waals surface area (Å²) in [5.41, 5.74) is 2.53. The summed E-state index contributed by atoms with van der Waals surface area (Å²) in [5, 5.41) is 5.00. The number of benzene rings is 1. The van der Waals surface area contributed by atoms with E-state index >= 15 is 0 Å². The Morgan fingerprint density at radius 3 is 2.92 bits per heavy atom. The first-order valence-electron chi connectivity index (χ1n) is 8.52. The summed E-state index contributed by atoms with van der Waals surface area (Å²) in [6, 6.07) is 8.29. The number of thiophene rings is 1. The number of rotatable bonds is 5. The van der Waals surface area contributed by atoms with Crippen molar-refractivity contribution in [1.29, 1.82) is 0 Å². The number of halogens is 2. The minimum Gasteiger partial charge on any atom is -0.376 e. The van der Waals surface area contributed by atoms with Gasteiger partial charge in [0, 0.05) is 25.1 Å². The van der Waals surface area contributed by atoms with Crippen molar-refractivity contribution < 1.29 is 13.9 Å². The minimum atomic E-state index is -0.266. The molecule has 0 saturated carbocycles. The van der Waals surface area contributed by atoms with Gasteiger partial charge < -0.3 is 14.6 Å². The molecule has 3 aromatic rings. The second-order valence-corrected chi connectivity index (χ2v) is 8.15. The summed E-state index contributed by atoms with van der Waals surface area (Å²) in [5.74, 6) is -0.379. The highest BCUT2D eigenvalue weighted by Gasteiger charge is 2.21. The lowest BCUT2D eigenvalue weighted by atomic mass is 10.2. The molecule has 136 valence electrons. The number of hydrogen-bond donors (Lipinski definition) is 1. The molecule has 4 rings (SSSR count). The van der Waals surface area contributed by atoms with Gasteiger partial charge in [0.25, 0.3) is 5.91 Å². The van der Waals surface area contributed by atoms with E-state index in [1.807, 2.05) is 16.0 Å². The third-order valence-electron chi connectivity index (χ3n) is 4.58. The molecule has 26 heavy (non-hydrogen) atoms. The van der Waals surface area contributed by atoms with Crippen molar-refractivity contribution in [2.75, 3.05) is 13.2 Å². The number of nitrogens with one attached hydrogen (secondary N) is 1. The van der Waals surface area contributed by atoms with Crippen LogP contribution in [0.5, 0.6) is 0 Å². The number of aromatic nitrogens is 1. The van der Waals surface area contributed by atoms with Gasteiger partial charge in [-0.05, 0) is 52.5 Å². The second kappa shape index (κ2) is 7.50. The van der Waals surface area contributed by atoms with Gasteiger partial charge in [-0.3, -0.25) is 4.79 Å². The van der Waals surface area contributed by atoms with Crippen LogP contribution in [0, 0.1) is 5.82 Å². The van der Waals surface area contributed by atoms with Crippen LogP contribution in [-0.4, -0.2) is 29.7 Å². The Labute approximate surface area is 163 Å². The summed E-state index contributed by atoms with van der Waals surface area (Å²) < 4.78 is 22.8. The van der Waals surface area contributed by atoms with Crippen LogP contribution in [0.15, 0.2) is 40.2 Å². The van der Waals surface area contributed by atoms with Crippen LogP contribution < -0.4 is 5.32 Å². The third-order valence-corrected chi connectivity index (χ3v) is 6.40. The molecule has 1 aliphatic heterocycles. The molecule has 1 saturated heterocycles. The molecule has 0 bridgehead atoms. The highest BCUT2D eigenvalue weighted by atomic mass is 79.9. The standard InChI is InChI=1S/C19H18BrFN2O2S/c20-15-11-26-17-8-16(19(24)22-9-14-2-1-7-25-14)23(18(15)17)10-12-3-5-13(21)6-4-12/h3-6,8,11,14H,1-2,7,9-10H2,(H,22,24)/t14-/m0/s1. The maximum Gasteiger partial charge on any atom is 0.268 e. The zero-order chi connectivity index (χ0) is 18.1. The zero-order valence-corrected chi connectivity index (χ0v) is 16.4. The third kappa shape index (κ3) is 3.56. The Morgan fingerprint density at radius 1 is 1.38 bits per heavy atom. The quantitative estimate of drug-likeness (QED) is 0.636. The van der Waals surface area contributed by atoms with Gasteiger partial charge in [-0.25, -0.2) is 4.39 Å². The Balaban J connectivity index is 1.62. The fourth-order valence-electron chi connectivity index (χ4n) is 3.26. The number of nitrogens with zero attached hydrogens (tertiary/aromatic N) is 1. The Morgan fingerprint density at radius 2 is 2.19 bits per heavy atom. The molecule has 1 N–H and O–H groups in total. The highest BCUT2D eigenvalue weighted by molar-refractivity contribution is 9.10. The molecule has 1 fully saturated rings. The lowest BCUT2D eigenvalue weighted by Crippen LogP contribution is -2.33. The highest BCUT2D eigenvalue weighted by Crippen LogP contribution is 2.33. The number of ether oxygens (including phenoxy) is 1. The number of fused-ring (bicyclic) bond motifs is 1. The smallest absolute Gasteiger partial charge is 0.268 e. The Bertz CT molecular complexity index is 929. The molecule has 1 aliphatic rings. The SMILES string of the molecule is O=C(NC[C@@H]1CCCO1)c1cc2scc(Br)c2n1Cc1ccc(F)cc1. The minimum absolute atomic E-state index is 0.104. The molecule has 0 spiro atoms. The van der Waals surface area contributed by atoms with E-state index in [9.17, 15) is 9.18 Å². The molecule has 7 heteroatoms. The van der Waals surface area contributed by atoms with E-state index in [2.05, 4.69) is 21.2 Å². The van der Waals surface area contributed by atoms with E-state index < -0.39 is 0 Å². The molecule has 1 amide bonds. The number of amides is 1. The lowest BCUT2D eigenvalue weighted by Gasteiger charge is -2.13. The molecule has 2 aromatic heterocycles. The van der Waals surface area contributed by atoms with Crippen LogP contribution in [-0.2, 0) is 11.3 Å². The maximum absolute atomic E-state index is 13.2. The molecule has 0 radical (unpaired) electrons. The zero-order valence-electron chi connectivity index (χ0n) is 14.0. The maximum atomic E-state index is 13.2. The predicted molar refractivity (Wildman–Crippen MR) is 104 cm³/mol. The van der Waals surface area contributed by atoms with Crippen molar-refractivity contribution in [3.8, 4) is 0 Å². The first-order chi connectivity index (χ1) is 12.6. The first kappa shape index (κ1) is 17.7.